The van der Waals surface area contributed by atoms with E-state index in [1.54, 1.807) is 0 Å². The number of carbonyl (C=O) groups excluding carboxylic acids is 1. The molecule has 0 saturated carbocycles. The summed E-state index contributed by atoms with van der Waals surface area (Å²) in [6.07, 6.45) is -0.376. The van der Waals surface area contributed by atoms with Crippen molar-refractivity contribution in [3.8, 4) is 0 Å². The van der Waals surface area contributed by atoms with Gasteiger partial charge in [0, 0.05) is 6.42 Å². The molecule has 0 aliphatic rings. The number of Topliss-reactive ketones (excluding diaryl/α,β-unsaturated/α-hetero) is 1. The first-order valence-electron chi connectivity index (χ1n) is 9.90. The van der Waals surface area contributed by atoms with E-state index in [9.17, 15) is 14.7 Å². The molecule has 2 aromatic carbocycles. The lowest BCUT2D eigenvalue weighted by molar-refractivity contribution is -0.117. The summed E-state index contributed by atoms with van der Waals surface area (Å²) in [7, 11) is -2.74. The van der Waals surface area contributed by atoms with Crippen LogP contribution in [-0.2, 0) is 9.22 Å². The molecule has 0 saturated heterocycles. The molecule has 0 fully saturated rings. The highest BCUT2D eigenvalue weighted by atomic mass is 28.4. The highest BCUT2D eigenvalue weighted by Gasteiger charge is 2.50. The van der Waals surface area contributed by atoms with Crippen LogP contribution in [0.5, 0.6) is 0 Å². The summed E-state index contributed by atoms with van der Waals surface area (Å²) in [4.78, 5) is 22.7. The van der Waals surface area contributed by atoms with Crippen molar-refractivity contribution in [1.82, 2.24) is 5.32 Å². The fourth-order valence-corrected chi connectivity index (χ4v) is 8.34. The van der Waals surface area contributed by atoms with Gasteiger partial charge in [-0.05, 0) is 28.8 Å². The first kappa shape index (κ1) is 22.8. The lowest BCUT2D eigenvalue weighted by Gasteiger charge is -2.43. The third kappa shape index (κ3) is 5.77. The van der Waals surface area contributed by atoms with E-state index in [-0.39, 0.29) is 17.4 Å². The Balaban J connectivity index is 2.46. The van der Waals surface area contributed by atoms with Gasteiger partial charge in [0.25, 0.3) is 8.32 Å². The predicted molar refractivity (Wildman–Crippen MR) is 118 cm³/mol. The number of amides is 1. The largest absolute Gasteiger partial charge is 0.465 e. The molecule has 2 aromatic rings. The maximum Gasteiger partial charge on any atom is 0.404 e. The Bertz CT molecular complexity index is 763. The van der Waals surface area contributed by atoms with Crippen molar-refractivity contribution in [2.24, 2.45) is 0 Å². The first-order chi connectivity index (χ1) is 13.7. The van der Waals surface area contributed by atoms with E-state index in [1.807, 2.05) is 36.4 Å². The third-order valence-electron chi connectivity index (χ3n) is 5.09. The molecule has 0 aliphatic heterocycles. The van der Waals surface area contributed by atoms with Gasteiger partial charge < -0.3 is 19.6 Å². The van der Waals surface area contributed by atoms with Crippen LogP contribution in [0, 0.1) is 0 Å². The fraction of sp³-hybridized carbons (Fsp3) is 0.391. The van der Waals surface area contributed by atoms with Gasteiger partial charge in [0.05, 0.1) is 12.6 Å². The molecule has 6 heteroatoms. The minimum Gasteiger partial charge on any atom is -0.465 e. The molecule has 5 nitrogen and oxygen atoms in total. The Morgan fingerprint density at radius 1 is 1.00 bits per heavy atom. The van der Waals surface area contributed by atoms with E-state index in [2.05, 4.69) is 50.4 Å². The number of rotatable bonds is 9. The molecular weight excluding hydrogens is 382 g/mol. The number of carboxylic acid groups (broad SMARTS) is 1. The van der Waals surface area contributed by atoms with Gasteiger partial charge in [0.15, 0.2) is 0 Å². The monoisotopic (exact) mass is 413 g/mol. The molecule has 156 valence electrons. The summed E-state index contributed by atoms with van der Waals surface area (Å²) >= 11 is 0. The van der Waals surface area contributed by atoms with Gasteiger partial charge in [-0.25, -0.2) is 4.79 Å². The molecule has 0 spiro atoms. The number of carbonyl (C=O) groups is 2. The van der Waals surface area contributed by atoms with Crippen LogP contribution in [0.1, 0.15) is 40.5 Å². The normalized spacial score (nSPS) is 13.0. The predicted octanol–water partition coefficient (Wildman–Crippen LogP) is 3.57. The Kier molecular flexibility index (Phi) is 7.76. The Morgan fingerprint density at radius 3 is 1.86 bits per heavy atom. The van der Waals surface area contributed by atoms with E-state index in [0.717, 1.165) is 10.4 Å². The second-order valence-corrected chi connectivity index (χ2v) is 12.7. The summed E-state index contributed by atoms with van der Waals surface area (Å²) in [5, 5.41) is 13.8. The van der Waals surface area contributed by atoms with Gasteiger partial charge in [-0.1, -0.05) is 81.4 Å². The quantitative estimate of drug-likeness (QED) is 0.616. The zero-order chi connectivity index (χ0) is 21.5. The Labute approximate surface area is 174 Å². The zero-order valence-electron chi connectivity index (χ0n) is 17.6. The van der Waals surface area contributed by atoms with Crippen LogP contribution in [0.3, 0.4) is 0 Å². The van der Waals surface area contributed by atoms with Crippen molar-refractivity contribution in [3.63, 3.8) is 0 Å². The summed E-state index contributed by atoms with van der Waals surface area (Å²) in [6.45, 7) is 8.25. The van der Waals surface area contributed by atoms with Crippen molar-refractivity contribution in [2.45, 2.75) is 51.6 Å². The molecule has 2 rings (SSSR count). The van der Waals surface area contributed by atoms with Crippen molar-refractivity contribution in [2.75, 3.05) is 6.61 Å². The molecular formula is C23H31NO4Si. The molecule has 0 aromatic heterocycles. The van der Waals surface area contributed by atoms with Gasteiger partial charge in [-0.2, -0.15) is 0 Å². The second kappa shape index (κ2) is 9.85. The molecule has 1 atom stereocenters. The standard InChI is InChI=1S/C23H31NO4Si/c1-18(25)15-16-19(24-22(26)27)17-28-29(23(2,3)4,20-11-7-5-8-12-20)21-13-9-6-10-14-21/h5-14,19,24H,15-17H2,1-4H3,(H,26,27). The topological polar surface area (TPSA) is 75.6 Å². The van der Waals surface area contributed by atoms with Crippen LogP contribution in [0.15, 0.2) is 60.7 Å². The smallest absolute Gasteiger partial charge is 0.404 e. The Morgan fingerprint density at radius 2 is 1.48 bits per heavy atom. The van der Waals surface area contributed by atoms with Crippen LogP contribution in [0.25, 0.3) is 0 Å². The molecule has 0 heterocycles. The number of ketones is 1. The minimum atomic E-state index is -2.74. The van der Waals surface area contributed by atoms with E-state index >= 15 is 0 Å². The van der Waals surface area contributed by atoms with Crippen LogP contribution in [0.4, 0.5) is 4.79 Å². The van der Waals surface area contributed by atoms with E-state index in [4.69, 9.17) is 4.43 Å². The van der Waals surface area contributed by atoms with Gasteiger partial charge in [0.1, 0.15) is 5.78 Å². The molecule has 0 radical (unpaired) electrons. The molecule has 1 unspecified atom stereocenters. The van der Waals surface area contributed by atoms with Crippen LogP contribution < -0.4 is 15.7 Å². The first-order valence-corrected chi connectivity index (χ1v) is 11.8. The molecule has 0 aliphatic carbocycles. The number of nitrogens with one attached hydrogen (secondary N) is 1. The SMILES string of the molecule is CC(=O)CCC(CO[Si](c1ccccc1)(c1ccccc1)C(C)(C)C)NC(=O)O. The molecule has 2 N–H and O–H groups in total. The van der Waals surface area contributed by atoms with Gasteiger partial charge >= 0.3 is 6.09 Å². The average Bonchev–Trinajstić information content (AvgIpc) is 2.66. The summed E-state index contributed by atoms with van der Waals surface area (Å²) in [5.74, 6) is 0.0348. The highest BCUT2D eigenvalue weighted by Crippen LogP contribution is 2.36. The number of benzene rings is 2. The third-order valence-corrected chi connectivity index (χ3v) is 10.1. The molecule has 29 heavy (non-hydrogen) atoms. The maximum absolute atomic E-state index is 11.4. The van der Waals surface area contributed by atoms with E-state index < -0.39 is 20.5 Å². The maximum atomic E-state index is 11.4. The van der Waals surface area contributed by atoms with Crippen LogP contribution in [0.2, 0.25) is 5.04 Å². The van der Waals surface area contributed by atoms with Crippen molar-refractivity contribution in [3.05, 3.63) is 60.7 Å². The van der Waals surface area contributed by atoms with Gasteiger partial charge in [-0.3, -0.25) is 0 Å². The van der Waals surface area contributed by atoms with Crippen molar-refractivity contribution >= 4 is 30.6 Å². The second-order valence-electron chi connectivity index (χ2n) is 8.36. The van der Waals surface area contributed by atoms with Gasteiger partial charge in [-0.15, -0.1) is 0 Å². The summed E-state index contributed by atoms with van der Waals surface area (Å²) < 4.78 is 6.76. The minimum absolute atomic E-state index is 0.0348. The number of hydrogen-bond donors (Lipinski definition) is 2. The zero-order valence-corrected chi connectivity index (χ0v) is 18.6. The Hall–Kier alpha value is -2.44. The van der Waals surface area contributed by atoms with Crippen molar-refractivity contribution in [1.29, 1.82) is 0 Å². The highest BCUT2D eigenvalue weighted by molar-refractivity contribution is 6.99. The van der Waals surface area contributed by atoms with Crippen LogP contribution >= 0.6 is 0 Å². The lowest BCUT2D eigenvalue weighted by atomic mass is 10.1. The molecule has 1 amide bonds. The van der Waals surface area contributed by atoms with Gasteiger partial charge in [0.2, 0.25) is 0 Å². The fourth-order valence-electron chi connectivity index (χ4n) is 3.74. The summed E-state index contributed by atoms with van der Waals surface area (Å²) in [5.41, 5.74) is 0. The van der Waals surface area contributed by atoms with Crippen molar-refractivity contribution < 1.29 is 19.1 Å². The summed E-state index contributed by atoms with van der Waals surface area (Å²) in [6, 6.07) is 20.0. The molecule has 0 bridgehead atoms. The lowest BCUT2D eigenvalue weighted by Crippen LogP contribution is -2.67. The van der Waals surface area contributed by atoms with E-state index in [0.29, 0.717) is 12.8 Å². The van der Waals surface area contributed by atoms with Crippen LogP contribution in [-0.4, -0.2) is 37.9 Å². The number of hydrogen-bond acceptors (Lipinski definition) is 3. The van der Waals surface area contributed by atoms with E-state index in [1.165, 1.54) is 6.92 Å². The average molecular weight is 414 g/mol.